The monoisotopic (exact) mass is 231 g/mol. The van der Waals surface area contributed by atoms with E-state index in [1.165, 1.54) is 6.21 Å². The van der Waals surface area contributed by atoms with Crippen molar-refractivity contribution in [2.45, 2.75) is 5.25 Å². The van der Waals surface area contributed by atoms with E-state index in [0.717, 1.165) is 0 Å². The van der Waals surface area contributed by atoms with Crippen LogP contribution in [-0.2, 0) is 9.05 Å². The minimum Gasteiger partial charge on any atom is -0.357 e. The molecule has 0 N–H and O–H groups in total. The molecule has 2 rings (SSSR count). The maximum Gasteiger partial charge on any atom is 0.245 e. The zero-order valence-electron chi connectivity index (χ0n) is 6.92. The summed E-state index contributed by atoms with van der Waals surface area (Å²) < 4.78 is 22.3. The highest BCUT2D eigenvalue weighted by Gasteiger charge is 2.29. The van der Waals surface area contributed by atoms with Crippen molar-refractivity contribution in [3.05, 3.63) is 29.8 Å². The van der Waals surface area contributed by atoms with Crippen LogP contribution in [0.5, 0.6) is 5.75 Å². The molecule has 6 heteroatoms. The minimum atomic E-state index is -3.70. The summed E-state index contributed by atoms with van der Waals surface area (Å²) in [6.07, 6.45) is 1.17. The van der Waals surface area contributed by atoms with Crippen molar-refractivity contribution in [3.63, 3.8) is 0 Å². The standard InChI is InChI=1S/C8H6ClNO3S/c9-14(11,12)8-5-10-13-7-4-2-1-3-6(7)8/h1-5,8H. The average molecular weight is 232 g/mol. The van der Waals surface area contributed by atoms with Gasteiger partial charge in [-0.1, -0.05) is 23.4 Å². The number of benzene rings is 1. The van der Waals surface area contributed by atoms with E-state index in [1.807, 2.05) is 0 Å². The van der Waals surface area contributed by atoms with Crippen molar-refractivity contribution < 1.29 is 13.3 Å². The summed E-state index contributed by atoms with van der Waals surface area (Å²) in [4.78, 5) is 4.90. The largest absolute Gasteiger partial charge is 0.357 e. The second kappa shape index (κ2) is 3.25. The normalized spacial score (nSPS) is 19.9. The minimum absolute atomic E-state index is 0.421. The van der Waals surface area contributed by atoms with Crippen molar-refractivity contribution in [2.24, 2.45) is 5.16 Å². The van der Waals surface area contributed by atoms with Crippen LogP contribution in [0.3, 0.4) is 0 Å². The molecule has 1 unspecified atom stereocenters. The quantitative estimate of drug-likeness (QED) is 0.691. The van der Waals surface area contributed by atoms with Crippen LogP contribution in [0, 0.1) is 0 Å². The van der Waals surface area contributed by atoms with Gasteiger partial charge in [-0.15, -0.1) is 0 Å². The summed E-state index contributed by atoms with van der Waals surface area (Å²) in [5.41, 5.74) is 0.512. The Bertz CT molecular complexity index is 483. The SMILES string of the molecule is O=S(=O)(Cl)C1C=NOc2ccccc21. The number of halogens is 1. The lowest BCUT2D eigenvalue weighted by atomic mass is 10.1. The Hall–Kier alpha value is -1.07. The van der Waals surface area contributed by atoms with E-state index in [4.69, 9.17) is 15.5 Å². The maximum atomic E-state index is 11.2. The van der Waals surface area contributed by atoms with E-state index >= 15 is 0 Å². The molecule has 0 fully saturated rings. The zero-order valence-corrected chi connectivity index (χ0v) is 8.49. The van der Waals surface area contributed by atoms with Crippen molar-refractivity contribution in [3.8, 4) is 5.75 Å². The Labute approximate surface area is 85.6 Å². The smallest absolute Gasteiger partial charge is 0.245 e. The lowest BCUT2D eigenvalue weighted by Gasteiger charge is -2.15. The van der Waals surface area contributed by atoms with E-state index in [-0.39, 0.29) is 0 Å². The predicted octanol–water partition coefficient (Wildman–Crippen LogP) is 1.67. The molecule has 0 radical (unpaired) electrons. The van der Waals surface area contributed by atoms with Crippen LogP contribution in [0.4, 0.5) is 0 Å². The van der Waals surface area contributed by atoms with Gasteiger partial charge in [0, 0.05) is 16.2 Å². The fourth-order valence-corrected chi connectivity index (χ4v) is 2.36. The predicted molar refractivity (Wildman–Crippen MR) is 53.1 cm³/mol. The van der Waals surface area contributed by atoms with Gasteiger partial charge in [-0.05, 0) is 6.07 Å². The van der Waals surface area contributed by atoms with Crippen LogP contribution in [-0.4, -0.2) is 14.6 Å². The van der Waals surface area contributed by atoms with Gasteiger partial charge in [-0.2, -0.15) is 0 Å². The second-order valence-electron chi connectivity index (χ2n) is 2.78. The Morgan fingerprint density at radius 1 is 1.36 bits per heavy atom. The lowest BCUT2D eigenvalue weighted by Crippen LogP contribution is -2.14. The number of hydrogen-bond donors (Lipinski definition) is 0. The van der Waals surface area contributed by atoms with Crippen LogP contribution >= 0.6 is 10.7 Å². The molecular weight excluding hydrogens is 226 g/mol. The first-order valence-electron chi connectivity index (χ1n) is 3.82. The number of oxime groups is 1. The summed E-state index contributed by atoms with van der Waals surface area (Å²) >= 11 is 0. The highest BCUT2D eigenvalue weighted by atomic mass is 35.7. The van der Waals surface area contributed by atoms with Crippen molar-refractivity contribution in [1.82, 2.24) is 0 Å². The molecule has 0 amide bonds. The van der Waals surface area contributed by atoms with Gasteiger partial charge >= 0.3 is 0 Å². The fourth-order valence-electron chi connectivity index (χ4n) is 1.25. The summed E-state index contributed by atoms with van der Waals surface area (Å²) in [5.74, 6) is 0.421. The molecule has 1 aromatic rings. The van der Waals surface area contributed by atoms with Crippen LogP contribution in [0.15, 0.2) is 29.4 Å². The highest BCUT2D eigenvalue weighted by molar-refractivity contribution is 8.14. The van der Waals surface area contributed by atoms with E-state index in [1.54, 1.807) is 24.3 Å². The third-order valence-electron chi connectivity index (χ3n) is 1.88. The first-order chi connectivity index (χ1) is 6.59. The second-order valence-corrected chi connectivity index (χ2v) is 5.53. The molecule has 0 saturated carbocycles. The number of para-hydroxylation sites is 1. The van der Waals surface area contributed by atoms with Gasteiger partial charge in [0.2, 0.25) is 9.05 Å². The van der Waals surface area contributed by atoms with Crippen LogP contribution in [0.2, 0.25) is 0 Å². The van der Waals surface area contributed by atoms with Gasteiger partial charge in [-0.3, -0.25) is 0 Å². The van der Waals surface area contributed by atoms with Crippen molar-refractivity contribution in [1.29, 1.82) is 0 Å². The van der Waals surface area contributed by atoms with E-state index < -0.39 is 14.3 Å². The Kier molecular flexibility index (Phi) is 2.20. The van der Waals surface area contributed by atoms with Crippen molar-refractivity contribution in [2.75, 3.05) is 0 Å². The van der Waals surface area contributed by atoms with Gasteiger partial charge in [0.05, 0.1) is 6.21 Å². The van der Waals surface area contributed by atoms with E-state index in [0.29, 0.717) is 11.3 Å². The van der Waals surface area contributed by atoms with E-state index in [2.05, 4.69) is 5.16 Å². The van der Waals surface area contributed by atoms with Gasteiger partial charge < -0.3 is 4.84 Å². The Morgan fingerprint density at radius 2 is 2.07 bits per heavy atom. The number of hydrogen-bond acceptors (Lipinski definition) is 4. The third kappa shape index (κ3) is 1.60. The molecule has 1 aliphatic rings. The molecule has 74 valence electrons. The summed E-state index contributed by atoms with van der Waals surface area (Å²) in [6, 6.07) is 6.74. The van der Waals surface area contributed by atoms with Crippen LogP contribution in [0.1, 0.15) is 10.8 Å². The lowest BCUT2D eigenvalue weighted by molar-refractivity contribution is 0.332. The first-order valence-corrected chi connectivity index (χ1v) is 6.19. The van der Waals surface area contributed by atoms with Gasteiger partial charge in [0.25, 0.3) is 0 Å². The number of nitrogens with zero attached hydrogens (tertiary/aromatic N) is 1. The molecule has 1 atom stereocenters. The van der Waals surface area contributed by atoms with Crippen molar-refractivity contribution >= 4 is 25.9 Å². The molecule has 0 aliphatic carbocycles. The molecule has 14 heavy (non-hydrogen) atoms. The first kappa shape index (κ1) is 9.48. The Morgan fingerprint density at radius 3 is 2.79 bits per heavy atom. The summed E-state index contributed by atoms with van der Waals surface area (Å²) in [5, 5.41) is 2.56. The van der Waals surface area contributed by atoms with Crippen LogP contribution < -0.4 is 4.84 Å². The maximum absolute atomic E-state index is 11.2. The number of rotatable bonds is 1. The number of fused-ring (bicyclic) bond motifs is 1. The molecule has 0 aromatic heterocycles. The fraction of sp³-hybridized carbons (Fsp3) is 0.125. The summed E-state index contributed by atoms with van der Waals surface area (Å²) in [7, 11) is 1.57. The van der Waals surface area contributed by atoms with Gasteiger partial charge in [0.15, 0.2) is 5.75 Å². The summed E-state index contributed by atoms with van der Waals surface area (Å²) in [6.45, 7) is 0. The average Bonchev–Trinajstić information content (AvgIpc) is 2.15. The molecule has 4 nitrogen and oxygen atoms in total. The Balaban J connectivity index is 2.57. The van der Waals surface area contributed by atoms with Gasteiger partial charge in [0.1, 0.15) is 5.25 Å². The molecule has 0 bridgehead atoms. The van der Waals surface area contributed by atoms with Crippen LogP contribution in [0.25, 0.3) is 0 Å². The molecular formula is C8H6ClNO3S. The molecule has 1 heterocycles. The molecule has 0 saturated heterocycles. The molecule has 0 spiro atoms. The molecule has 1 aromatic carbocycles. The highest BCUT2D eigenvalue weighted by Crippen LogP contribution is 2.33. The topological polar surface area (TPSA) is 55.7 Å². The van der Waals surface area contributed by atoms with Gasteiger partial charge in [-0.25, -0.2) is 8.42 Å². The third-order valence-corrected chi connectivity index (χ3v) is 3.43. The van der Waals surface area contributed by atoms with E-state index in [9.17, 15) is 8.42 Å². The zero-order chi connectivity index (χ0) is 10.2. The molecule has 1 aliphatic heterocycles.